The number of hydrogen-bond donors (Lipinski definition) is 0. The van der Waals surface area contributed by atoms with Crippen molar-refractivity contribution in [2.24, 2.45) is 7.05 Å². The Morgan fingerprint density at radius 1 is 1.24 bits per heavy atom. The van der Waals surface area contributed by atoms with Gasteiger partial charge in [-0.3, -0.25) is 4.79 Å². The molecule has 21 heavy (non-hydrogen) atoms. The molecule has 2 rings (SSSR count). The molecule has 0 aliphatic carbocycles. The van der Waals surface area contributed by atoms with E-state index in [0.717, 1.165) is 17.0 Å². The number of rotatable bonds is 5. The first-order valence-corrected chi connectivity index (χ1v) is 6.94. The molecule has 0 bridgehead atoms. The fraction of sp³-hybridized carbons (Fsp3) is 0.353. The third-order valence-electron chi connectivity index (χ3n) is 3.65. The number of hydrogen-bond acceptors (Lipinski definition) is 3. The molecule has 0 N–H and O–H groups in total. The van der Waals surface area contributed by atoms with Crippen LogP contribution in [0.25, 0.3) is 0 Å². The molecular formula is C17H21NO3. The number of aryl methyl sites for hydroxylation is 1. The molecule has 0 spiro atoms. The van der Waals surface area contributed by atoms with Crippen LogP contribution in [-0.4, -0.2) is 11.7 Å². The molecule has 1 aromatic carbocycles. The van der Waals surface area contributed by atoms with E-state index in [4.69, 9.17) is 9.47 Å². The molecule has 0 saturated carbocycles. The first kappa shape index (κ1) is 15.3. The molecule has 4 heteroatoms. The third kappa shape index (κ3) is 3.34. The van der Waals surface area contributed by atoms with Gasteiger partial charge in [-0.15, -0.1) is 0 Å². The monoisotopic (exact) mass is 287 g/mol. The molecule has 0 amide bonds. The highest BCUT2D eigenvalue weighted by atomic mass is 16.5. The summed E-state index contributed by atoms with van der Waals surface area (Å²) in [4.78, 5) is 12.3. The lowest BCUT2D eigenvalue weighted by molar-refractivity contribution is 0.108. The van der Waals surface area contributed by atoms with Crippen LogP contribution in [-0.2, 0) is 18.4 Å². The summed E-state index contributed by atoms with van der Waals surface area (Å²) in [5.74, 6) is 0.362. The number of pyridine rings is 1. The molecule has 1 atom stereocenters. The van der Waals surface area contributed by atoms with Gasteiger partial charge in [0, 0.05) is 25.9 Å². The standard InChI is InChI=1S/C17H21NO3/c1-12-10-15(19)17(16(18(12)3)13(2)20-4)21-11-14-8-6-5-7-9-14/h5-10,13H,11H2,1-4H3. The molecule has 1 unspecified atom stereocenters. The van der Waals surface area contributed by atoms with E-state index in [1.807, 2.05) is 55.8 Å². The van der Waals surface area contributed by atoms with Crippen LogP contribution >= 0.6 is 0 Å². The average Bonchev–Trinajstić information content (AvgIpc) is 2.49. The smallest absolute Gasteiger partial charge is 0.224 e. The van der Waals surface area contributed by atoms with Crippen LogP contribution in [0, 0.1) is 6.92 Å². The second kappa shape index (κ2) is 6.59. The van der Waals surface area contributed by atoms with Crippen LogP contribution in [0.4, 0.5) is 0 Å². The Morgan fingerprint density at radius 2 is 1.90 bits per heavy atom. The maximum absolute atomic E-state index is 12.3. The van der Waals surface area contributed by atoms with Crippen molar-refractivity contribution < 1.29 is 9.47 Å². The minimum Gasteiger partial charge on any atom is -0.483 e. The van der Waals surface area contributed by atoms with Gasteiger partial charge in [0.15, 0.2) is 5.75 Å². The van der Waals surface area contributed by atoms with E-state index in [1.165, 1.54) is 0 Å². The van der Waals surface area contributed by atoms with E-state index < -0.39 is 0 Å². The van der Waals surface area contributed by atoms with Gasteiger partial charge in [-0.25, -0.2) is 0 Å². The molecule has 4 nitrogen and oxygen atoms in total. The summed E-state index contributed by atoms with van der Waals surface area (Å²) in [6.45, 7) is 4.17. The maximum Gasteiger partial charge on any atom is 0.224 e. The molecule has 0 aliphatic heterocycles. The molecule has 112 valence electrons. The van der Waals surface area contributed by atoms with Crippen molar-refractivity contribution in [1.29, 1.82) is 0 Å². The molecular weight excluding hydrogens is 266 g/mol. The van der Waals surface area contributed by atoms with Crippen molar-refractivity contribution in [3.05, 3.63) is 63.6 Å². The van der Waals surface area contributed by atoms with Crippen molar-refractivity contribution in [2.45, 2.75) is 26.6 Å². The van der Waals surface area contributed by atoms with Crippen LogP contribution in [0.15, 0.2) is 41.2 Å². The predicted molar refractivity (Wildman–Crippen MR) is 82.6 cm³/mol. The van der Waals surface area contributed by atoms with E-state index >= 15 is 0 Å². The van der Waals surface area contributed by atoms with Crippen molar-refractivity contribution in [3.8, 4) is 5.75 Å². The van der Waals surface area contributed by atoms with Gasteiger partial charge in [0.05, 0.1) is 11.8 Å². The topological polar surface area (TPSA) is 40.5 Å². The molecule has 0 radical (unpaired) electrons. The predicted octanol–water partition coefficient (Wildman–Crippen LogP) is 2.98. The highest BCUT2D eigenvalue weighted by Gasteiger charge is 2.19. The number of nitrogens with zero attached hydrogens (tertiary/aromatic N) is 1. The second-order valence-corrected chi connectivity index (χ2v) is 5.08. The summed E-state index contributed by atoms with van der Waals surface area (Å²) >= 11 is 0. The third-order valence-corrected chi connectivity index (χ3v) is 3.65. The lowest BCUT2D eigenvalue weighted by atomic mass is 10.2. The number of methoxy groups -OCH3 is 1. The summed E-state index contributed by atoms with van der Waals surface area (Å²) in [5.41, 5.74) is 2.56. The molecule has 0 aliphatic rings. The molecule has 1 heterocycles. The van der Waals surface area contributed by atoms with Crippen LogP contribution in [0.2, 0.25) is 0 Å². The first-order valence-electron chi connectivity index (χ1n) is 6.94. The molecule has 1 aromatic heterocycles. The summed E-state index contributed by atoms with van der Waals surface area (Å²) in [7, 11) is 3.54. The Labute approximate surface area is 124 Å². The molecule has 2 aromatic rings. The Morgan fingerprint density at radius 3 is 2.52 bits per heavy atom. The number of benzene rings is 1. The van der Waals surface area contributed by atoms with E-state index in [9.17, 15) is 4.79 Å². The highest BCUT2D eigenvalue weighted by molar-refractivity contribution is 5.33. The minimum atomic E-state index is -0.214. The van der Waals surface area contributed by atoms with E-state index in [-0.39, 0.29) is 11.5 Å². The highest BCUT2D eigenvalue weighted by Crippen LogP contribution is 2.25. The Kier molecular flexibility index (Phi) is 4.81. The fourth-order valence-corrected chi connectivity index (χ4v) is 2.26. The average molecular weight is 287 g/mol. The van der Waals surface area contributed by atoms with Gasteiger partial charge in [0.25, 0.3) is 0 Å². The largest absolute Gasteiger partial charge is 0.483 e. The zero-order valence-electron chi connectivity index (χ0n) is 12.9. The van der Waals surface area contributed by atoms with Crippen LogP contribution in [0.5, 0.6) is 5.75 Å². The van der Waals surface area contributed by atoms with E-state index in [0.29, 0.717) is 12.4 Å². The SMILES string of the molecule is COC(C)c1c(OCc2ccccc2)c(=O)cc(C)n1C. The van der Waals surface area contributed by atoms with Gasteiger partial charge >= 0.3 is 0 Å². The van der Waals surface area contributed by atoms with Crippen molar-refractivity contribution in [3.63, 3.8) is 0 Å². The van der Waals surface area contributed by atoms with Crippen molar-refractivity contribution >= 4 is 0 Å². The van der Waals surface area contributed by atoms with Crippen molar-refractivity contribution in [1.82, 2.24) is 4.57 Å². The zero-order valence-corrected chi connectivity index (χ0v) is 12.9. The second-order valence-electron chi connectivity index (χ2n) is 5.08. The maximum atomic E-state index is 12.3. The number of aromatic nitrogens is 1. The van der Waals surface area contributed by atoms with Gasteiger partial charge in [-0.2, -0.15) is 0 Å². The Bertz CT molecular complexity index is 662. The van der Waals surface area contributed by atoms with Gasteiger partial charge in [-0.1, -0.05) is 30.3 Å². The van der Waals surface area contributed by atoms with Gasteiger partial charge in [0.2, 0.25) is 5.43 Å². The lowest BCUT2D eigenvalue weighted by Crippen LogP contribution is -2.20. The Balaban J connectivity index is 2.38. The summed E-state index contributed by atoms with van der Waals surface area (Å²) in [5, 5.41) is 0. The lowest BCUT2D eigenvalue weighted by Gasteiger charge is -2.21. The molecule has 0 saturated heterocycles. The fourth-order valence-electron chi connectivity index (χ4n) is 2.26. The number of ether oxygens (including phenoxy) is 2. The van der Waals surface area contributed by atoms with Gasteiger partial charge < -0.3 is 14.0 Å². The zero-order chi connectivity index (χ0) is 15.4. The quantitative estimate of drug-likeness (QED) is 0.849. The van der Waals surface area contributed by atoms with E-state index in [1.54, 1.807) is 13.2 Å². The van der Waals surface area contributed by atoms with Crippen molar-refractivity contribution in [2.75, 3.05) is 7.11 Å². The van der Waals surface area contributed by atoms with E-state index in [2.05, 4.69) is 0 Å². The first-order chi connectivity index (χ1) is 10.0. The molecule has 0 fully saturated rings. The normalized spacial score (nSPS) is 12.2. The summed E-state index contributed by atoms with van der Waals surface area (Å²) < 4.78 is 13.1. The summed E-state index contributed by atoms with van der Waals surface area (Å²) in [6.07, 6.45) is -0.214. The van der Waals surface area contributed by atoms with Crippen LogP contribution < -0.4 is 10.2 Å². The van der Waals surface area contributed by atoms with Gasteiger partial charge in [-0.05, 0) is 19.4 Å². The minimum absolute atomic E-state index is 0.111. The van der Waals surface area contributed by atoms with Gasteiger partial charge in [0.1, 0.15) is 6.61 Å². The van der Waals surface area contributed by atoms with Crippen LogP contribution in [0.3, 0.4) is 0 Å². The van der Waals surface area contributed by atoms with Crippen LogP contribution in [0.1, 0.15) is 30.0 Å². The Hall–Kier alpha value is -2.07. The summed E-state index contributed by atoms with van der Waals surface area (Å²) in [6, 6.07) is 11.4.